The molecule has 2 heterocycles. The number of aromatic hydroxyl groups is 1. The minimum Gasteiger partial charge on any atom is -0.508 e. The van der Waals surface area contributed by atoms with Gasteiger partial charge in [-0.2, -0.15) is 0 Å². The van der Waals surface area contributed by atoms with Gasteiger partial charge in [-0.05, 0) is 68.3 Å². The van der Waals surface area contributed by atoms with E-state index in [1.807, 2.05) is 45.0 Å². The van der Waals surface area contributed by atoms with E-state index in [0.717, 1.165) is 15.8 Å². The quantitative estimate of drug-likeness (QED) is 0.209. The van der Waals surface area contributed by atoms with E-state index in [-0.39, 0.29) is 17.1 Å². The zero-order chi connectivity index (χ0) is 25.6. The molecule has 1 fully saturated rings. The van der Waals surface area contributed by atoms with Gasteiger partial charge in [0.25, 0.3) is 5.78 Å². The molecular formula is C28H24N2O5S. The Kier molecular flexibility index (Phi) is 5.97. The van der Waals surface area contributed by atoms with Gasteiger partial charge in [0, 0.05) is 5.56 Å². The van der Waals surface area contributed by atoms with Gasteiger partial charge in [-0.25, -0.2) is 4.98 Å². The highest BCUT2D eigenvalue weighted by molar-refractivity contribution is 7.22. The maximum absolute atomic E-state index is 13.4. The molecule has 2 N–H and O–H groups in total. The fourth-order valence-electron chi connectivity index (χ4n) is 4.39. The Morgan fingerprint density at radius 1 is 1.06 bits per heavy atom. The number of fused-ring (bicyclic) bond motifs is 1. The molecule has 0 aliphatic carbocycles. The van der Waals surface area contributed by atoms with Gasteiger partial charge in [-0.15, -0.1) is 0 Å². The molecule has 0 saturated carbocycles. The number of aryl methyl sites for hydroxylation is 2. The molecule has 1 atom stereocenters. The van der Waals surface area contributed by atoms with Crippen molar-refractivity contribution in [2.24, 2.45) is 0 Å². The van der Waals surface area contributed by atoms with Crippen molar-refractivity contribution in [1.29, 1.82) is 0 Å². The van der Waals surface area contributed by atoms with Crippen molar-refractivity contribution in [2.75, 3.05) is 11.5 Å². The minimum absolute atomic E-state index is 0.0198. The highest BCUT2D eigenvalue weighted by atomic mass is 32.1. The Balaban J connectivity index is 1.72. The van der Waals surface area contributed by atoms with Crippen molar-refractivity contribution in [1.82, 2.24) is 4.98 Å². The molecule has 8 heteroatoms. The maximum Gasteiger partial charge on any atom is 0.301 e. The van der Waals surface area contributed by atoms with Gasteiger partial charge in [-0.1, -0.05) is 41.2 Å². The lowest BCUT2D eigenvalue weighted by Crippen LogP contribution is -2.29. The Morgan fingerprint density at radius 2 is 1.81 bits per heavy atom. The first kappa shape index (κ1) is 23.6. The second-order valence-electron chi connectivity index (χ2n) is 8.64. The van der Waals surface area contributed by atoms with E-state index in [1.54, 1.807) is 24.3 Å². The van der Waals surface area contributed by atoms with Gasteiger partial charge in [-0.3, -0.25) is 14.5 Å². The lowest BCUT2D eigenvalue weighted by Gasteiger charge is -2.23. The molecule has 0 spiro atoms. The summed E-state index contributed by atoms with van der Waals surface area (Å²) in [6, 6.07) is 16.4. The molecule has 1 aromatic heterocycles. The van der Waals surface area contributed by atoms with E-state index in [0.29, 0.717) is 34.1 Å². The van der Waals surface area contributed by atoms with Crippen LogP contribution in [-0.4, -0.2) is 33.5 Å². The summed E-state index contributed by atoms with van der Waals surface area (Å²) in [5, 5.41) is 21.6. The van der Waals surface area contributed by atoms with Crippen LogP contribution < -0.4 is 9.64 Å². The fraction of sp³-hybridized carbons (Fsp3) is 0.179. The lowest BCUT2D eigenvalue weighted by atomic mass is 9.93. The second-order valence-corrected chi connectivity index (χ2v) is 9.65. The molecule has 4 aromatic rings. The number of amides is 1. The van der Waals surface area contributed by atoms with Crippen molar-refractivity contribution in [2.45, 2.75) is 26.8 Å². The molecule has 7 nitrogen and oxygen atoms in total. The molecule has 0 radical (unpaired) electrons. The van der Waals surface area contributed by atoms with Crippen molar-refractivity contribution in [3.63, 3.8) is 0 Å². The van der Waals surface area contributed by atoms with E-state index >= 15 is 0 Å². The number of benzene rings is 3. The van der Waals surface area contributed by atoms with Crippen molar-refractivity contribution >= 4 is 44.1 Å². The van der Waals surface area contributed by atoms with Crippen LogP contribution in [-0.2, 0) is 9.59 Å². The molecule has 1 unspecified atom stereocenters. The van der Waals surface area contributed by atoms with Crippen LogP contribution in [0.5, 0.6) is 11.5 Å². The summed E-state index contributed by atoms with van der Waals surface area (Å²) in [6.45, 7) is 6.15. The third-order valence-corrected chi connectivity index (χ3v) is 7.18. The summed E-state index contributed by atoms with van der Waals surface area (Å²) >= 11 is 1.27. The number of nitrogens with zero attached hydrogens (tertiary/aromatic N) is 2. The number of aliphatic hydroxyl groups excluding tert-OH is 1. The number of aromatic nitrogens is 1. The van der Waals surface area contributed by atoms with Crippen molar-refractivity contribution in [3.8, 4) is 11.5 Å². The third kappa shape index (κ3) is 3.99. The van der Waals surface area contributed by atoms with E-state index in [9.17, 15) is 19.8 Å². The van der Waals surface area contributed by atoms with Crippen LogP contribution in [0.1, 0.15) is 35.2 Å². The molecule has 36 heavy (non-hydrogen) atoms. The van der Waals surface area contributed by atoms with Crippen LogP contribution >= 0.6 is 11.3 Å². The monoisotopic (exact) mass is 500 g/mol. The van der Waals surface area contributed by atoms with Crippen LogP contribution in [0.3, 0.4) is 0 Å². The van der Waals surface area contributed by atoms with Crippen molar-refractivity contribution in [3.05, 3.63) is 88.5 Å². The second kappa shape index (κ2) is 9.13. The number of phenolic OH excluding ortho intramolecular Hbond substituents is 1. The normalized spacial score (nSPS) is 17.2. The number of ether oxygens (including phenoxy) is 1. The molecule has 1 aliphatic heterocycles. The molecule has 0 bridgehead atoms. The number of ketones is 1. The zero-order valence-corrected chi connectivity index (χ0v) is 20.8. The maximum atomic E-state index is 13.4. The third-order valence-electron chi connectivity index (χ3n) is 6.17. The molecule has 5 rings (SSSR count). The average Bonchev–Trinajstić information content (AvgIpc) is 3.39. The van der Waals surface area contributed by atoms with Crippen LogP contribution in [0.4, 0.5) is 5.13 Å². The summed E-state index contributed by atoms with van der Waals surface area (Å²) in [5.41, 5.74) is 3.38. The number of carbonyl (C=O) groups is 2. The van der Waals surface area contributed by atoms with E-state index in [1.165, 1.54) is 28.4 Å². The number of hydrogen-bond acceptors (Lipinski definition) is 7. The van der Waals surface area contributed by atoms with E-state index < -0.39 is 17.7 Å². The lowest BCUT2D eigenvalue weighted by molar-refractivity contribution is -0.132. The van der Waals surface area contributed by atoms with Gasteiger partial charge in [0.05, 0.1) is 28.4 Å². The van der Waals surface area contributed by atoms with E-state index in [2.05, 4.69) is 4.98 Å². The Labute approximate surface area is 211 Å². The molecule has 1 amide bonds. The zero-order valence-electron chi connectivity index (χ0n) is 20.0. The summed E-state index contributed by atoms with van der Waals surface area (Å²) < 4.78 is 6.39. The summed E-state index contributed by atoms with van der Waals surface area (Å²) in [6.07, 6.45) is 0. The van der Waals surface area contributed by atoms with Crippen LogP contribution in [0.25, 0.3) is 16.0 Å². The summed E-state index contributed by atoms with van der Waals surface area (Å²) in [5.74, 6) is -1.07. The SMILES string of the molecule is CCOc1ccc2nc(N3C(=O)C(=O)/C(=C(/O)c4cc(C)ccc4C)C3c3ccc(O)cc3)sc2c1. The first-order chi connectivity index (χ1) is 17.3. The topological polar surface area (TPSA) is 100.0 Å². The number of phenols is 1. The molecular weight excluding hydrogens is 476 g/mol. The molecule has 3 aromatic carbocycles. The number of hydrogen-bond donors (Lipinski definition) is 2. The fourth-order valence-corrected chi connectivity index (χ4v) is 5.41. The predicted molar refractivity (Wildman–Crippen MR) is 140 cm³/mol. The number of carbonyl (C=O) groups excluding carboxylic acids is 2. The Bertz CT molecular complexity index is 1540. The van der Waals surface area contributed by atoms with Gasteiger partial charge >= 0.3 is 5.91 Å². The first-order valence-electron chi connectivity index (χ1n) is 11.5. The van der Waals surface area contributed by atoms with Crippen LogP contribution in [0.2, 0.25) is 0 Å². The molecule has 1 aliphatic rings. The Morgan fingerprint density at radius 3 is 2.53 bits per heavy atom. The number of anilines is 1. The highest BCUT2D eigenvalue weighted by Gasteiger charge is 2.48. The largest absolute Gasteiger partial charge is 0.508 e. The van der Waals surface area contributed by atoms with E-state index in [4.69, 9.17) is 4.74 Å². The molecule has 1 saturated heterocycles. The predicted octanol–water partition coefficient (Wildman–Crippen LogP) is 5.64. The highest BCUT2D eigenvalue weighted by Crippen LogP contribution is 2.45. The molecule has 182 valence electrons. The summed E-state index contributed by atoms with van der Waals surface area (Å²) in [4.78, 5) is 32.8. The number of rotatable bonds is 5. The number of aliphatic hydroxyl groups is 1. The van der Waals surface area contributed by atoms with Gasteiger partial charge in [0.1, 0.15) is 17.3 Å². The van der Waals surface area contributed by atoms with Gasteiger partial charge in [0.2, 0.25) is 0 Å². The van der Waals surface area contributed by atoms with Crippen LogP contribution in [0, 0.1) is 13.8 Å². The first-order valence-corrected chi connectivity index (χ1v) is 12.3. The van der Waals surface area contributed by atoms with Gasteiger partial charge < -0.3 is 14.9 Å². The number of Topliss-reactive ketones (excluding diaryl/α,β-unsaturated/α-hetero) is 1. The summed E-state index contributed by atoms with van der Waals surface area (Å²) in [7, 11) is 0. The Hall–Kier alpha value is -4.17. The minimum atomic E-state index is -0.919. The van der Waals surface area contributed by atoms with Gasteiger partial charge in [0.15, 0.2) is 5.13 Å². The average molecular weight is 501 g/mol. The van der Waals surface area contributed by atoms with Crippen molar-refractivity contribution < 1.29 is 24.5 Å². The van der Waals surface area contributed by atoms with Crippen LogP contribution in [0.15, 0.2) is 66.2 Å². The number of thiazole rings is 1. The smallest absolute Gasteiger partial charge is 0.301 e. The standard InChI is InChI=1S/C28H24N2O5S/c1-4-35-19-11-12-21-22(14-19)36-28(29-21)30-24(17-7-9-18(31)10-8-17)23(26(33)27(30)34)25(32)20-13-15(2)5-6-16(20)3/h5-14,24,31-32H,4H2,1-3H3/b25-23+.